The maximum atomic E-state index is 5.00. The number of hydrogen-bond acceptors (Lipinski definition) is 4. The Labute approximate surface area is 137 Å². The van der Waals surface area contributed by atoms with Crippen LogP contribution >= 0.6 is 23.1 Å². The van der Waals surface area contributed by atoms with E-state index in [9.17, 15) is 0 Å². The lowest BCUT2D eigenvalue weighted by molar-refractivity contribution is 0.260. The van der Waals surface area contributed by atoms with Gasteiger partial charge in [0.15, 0.2) is 0 Å². The molecule has 0 spiro atoms. The van der Waals surface area contributed by atoms with Gasteiger partial charge in [-0.15, -0.1) is 11.3 Å². The second-order valence-electron chi connectivity index (χ2n) is 7.29. The summed E-state index contributed by atoms with van der Waals surface area (Å²) < 4.78 is 0. The van der Waals surface area contributed by atoms with Gasteiger partial charge < -0.3 is 5.32 Å². The molecule has 1 aromatic rings. The first-order valence-corrected chi connectivity index (χ1v) is 10.3. The number of aromatic nitrogens is 1. The van der Waals surface area contributed by atoms with Crippen molar-refractivity contribution in [1.82, 2.24) is 10.3 Å². The Morgan fingerprint density at radius 1 is 1.33 bits per heavy atom. The second-order valence-corrected chi connectivity index (χ2v) is 9.70. The summed E-state index contributed by atoms with van der Waals surface area (Å²) in [7, 11) is 0. The van der Waals surface area contributed by atoms with E-state index in [2.05, 4.69) is 37.8 Å². The highest BCUT2D eigenvalue weighted by molar-refractivity contribution is 7.99. The van der Waals surface area contributed by atoms with Crippen molar-refractivity contribution >= 4 is 23.1 Å². The molecule has 1 heterocycles. The number of rotatable bonds is 5. The molecule has 0 bridgehead atoms. The SMILES string of the molecule is CCNC1CC(C)(C)Cc2nc(CSC3CCCC3)sc21. The van der Waals surface area contributed by atoms with E-state index >= 15 is 0 Å². The molecule has 1 aromatic heterocycles. The third kappa shape index (κ3) is 3.83. The van der Waals surface area contributed by atoms with Crippen LogP contribution in [-0.2, 0) is 12.2 Å². The fraction of sp³-hybridized carbons (Fsp3) is 0.824. The molecule has 0 aromatic carbocycles. The molecule has 2 aliphatic rings. The van der Waals surface area contributed by atoms with Crippen LogP contribution in [0.2, 0.25) is 0 Å². The molecule has 2 aliphatic carbocycles. The molecule has 0 aliphatic heterocycles. The molecule has 21 heavy (non-hydrogen) atoms. The van der Waals surface area contributed by atoms with Crippen LogP contribution in [0.1, 0.15) is 74.5 Å². The van der Waals surface area contributed by atoms with Gasteiger partial charge in [0, 0.05) is 21.9 Å². The minimum Gasteiger partial charge on any atom is -0.309 e. The van der Waals surface area contributed by atoms with Gasteiger partial charge in [0.1, 0.15) is 5.01 Å². The minimum absolute atomic E-state index is 0.379. The summed E-state index contributed by atoms with van der Waals surface area (Å²) in [6, 6.07) is 0.525. The second kappa shape index (κ2) is 6.59. The van der Waals surface area contributed by atoms with Crippen LogP contribution in [-0.4, -0.2) is 16.8 Å². The summed E-state index contributed by atoms with van der Waals surface area (Å²) in [6.07, 6.45) is 8.09. The van der Waals surface area contributed by atoms with Gasteiger partial charge in [0.05, 0.1) is 5.69 Å². The third-order valence-electron chi connectivity index (χ3n) is 4.69. The van der Waals surface area contributed by atoms with Crippen LogP contribution < -0.4 is 5.32 Å². The van der Waals surface area contributed by atoms with Gasteiger partial charge in [-0.2, -0.15) is 11.8 Å². The van der Waals surface area contributed by atoms with E-state index in [0.717, 1.165) is 24.0 Å². The molecular formula is C17H28N2S2. The predicted octanol–water partition coefficient (Wildman–Crippen LogP) is 4.94. The Hall–Kier alpha value is -0.0600. The first kappa shape index (κ1) is 15.8. The average molecular weight is 325 g/mol. The zero-order valence-electron chi connectivity index (χ0n) is 13.6. The molecule has 1 saturated carbocycles. The van der Waals surface area contributed by atoms with E-state index in [1.807, 2.05) is 11.3 Å². The molecular weight excluding hydrogens is 296 g/mol. The largest absolute Gasteiger partial charge is 0.309 e. The van der Waals surface area contributed by atoms with Crippen LogP contribution in [0.4, 0.5) is 0 Å². The number of nitrogens with zero attached hydrogens (tertiary/aromatic N) is 1. The zero-order chi connectivity index (χ0) is 14.9. The van der Waals surface area contributed by atoms with E-state index in [0.29, 0.717) is 11.5 Å². The van der Waals surface area contributed by atoms with E-state index in [4.69, 9.17) is 4.98 Å². The Kier molecular flexibility index (Phi) is 4.97. The molecule has 0 radical (unpaired) electrons. The summed E-state index contributed by atoms with van der Waals surface area (Å²) in [5, 5.41) is 5.92. The normalized spacial score (nSPS) is 25.2. The Morgan fingerprint density at radius 3 is 2.81 bits per heavy atom. The molecule has 1 atom stereocenters. The zero-order valence-corrected chi connectivity index (χ0v) is 15.2. The number of hydrogen-bond donors (Lipinski definition) is 1. The van der Waals surface area contributed by atoms with E-state index in [1.54, 1.807) is 0 Å². The molecule has 0 amide bonds. The number of thioether (sulfide) groups is 1. The lowest BCUT2D eigenvalue weighted by atomic mass is 9.76. The number of thiazole rings is 1. The van der Waals surface area contributed by atoms with Crippen molar-refractivity contribution in [3.8, 4) is 0 Å². The van der Waals surface area contributed by atoms with E-state index in [-0.39, 0.29) is 0 Å². The molecule has 1 N–H and O–H groups in total. The van der Waals surface area contributed by atoms with Crippen molar-refractivity contribution in [2.24, 2.45) is 5.41 Å². The topological polar surface area (TPSA) is 24.9 Å². The summed E-state index contributed by atoms with van der Waals surface area (Å²) in [4.78, 5) is 6.52. The van der Waals surface area contributed by atoms with Crippen LogP contribution in [0.5, 0.6) is 0 Å². The molecule has 1 fully saturated rings. The van der Waals surface area contributed by atoms with Gasteiger partial charge in [-0.3, -0.25) is 0 Å². The number of fused-ring (bicyclic) bond motifs is 1. The summed E-state index contributed by atoms with van der Waals surface area (Å²) in [6.45, 7) is 8.02. The lowest BCUT2D eigenvalue weighted by Crippen LogP contribution is -2.32. The highest BCUT2D eigenvalue weighted by Gasteiger charge is 2.34. The molecule has 3 rings (SSSR count). The van der Waals surface area contributed by atoms with Gasteiger partial charge in [0.2, 0.25) is 0 Å². The maximum absolute atomic E-state index is 5.00. The predicted molar refractivity (Wildman–Crippen MR) is 94.2 cm³/mol. The molecule has 4 heteroatoms. The van der Waals surface area contributed by atoms with Gasteiger partial charge in [-0.25, -0.2) is 4.98 Å². The highest BCUT2D eigenvalue weighted by Crippen LogP contribution is 2.44. The van der Waals surface area contributed by atoms with Crippen molar-refractivity contribution in [3.63, 3.8) is 0 Å². The molecule has 0 saturated heterocycles. The lowest BCUT2D eigenvalue weighted by Gasteiger charge is -2.34. The molecule has 118 valence electrons. The van der Waals surface area contributed by atoms with E-state index in [1.165, 1.54) is 47.7 Å². The number of nitrogens with one attached hydrogen (secondary N) is 1. The van der Waals surface area contributed by atoms with Crippen LogP contribution in [0, 0.1) is 5.41 Å². The van der Waals surface area contributed by atoms with E-state index < -0.39 is 0 Å². The smallest absolute Gasteiger partial charge is 0.103 e. The highest BCUT2D eigenvalue weighted by atomic mass is 32.2. The summed E-state index contributed by atoms with van der Waals surface area (Å²) >= 11 is 4.12. The van der Waals surface area contributed by atoms with Crippen LogP contribution in [0.15, 0.2) is 0 Å². The van der Waals surface area contributed by atoms with Crippen molar-refractivity contribution < 1.29 is 0 Å². The maximum Gasteiger partial charge on any atom is 0.103 e. The first-order chi connectivity index (χ1) is 10.1. The molecule has 2 nitrogen and oxygen atoms in total. The third-order valence-corrected chi connectivity index (χ3v) is 7.46. The quantitative estimate of drug-likeness (QED) is 0.830. The van der Waals surface area contributed by atoms with Crippen molar-refractivity contribution in [2.45, 2.75) is 76.3 Å². The fourth-order valence-electron chi connectivity index (χ4n) is 3.70. The Morgan fingerprint density at radius 2 is 2.10 bits per heavy atom. The fourth-order valence-corrected chi connectivity index (χ4v) is 6.20. The van der Waals surface area contributed by atoms with Gasteiger partial charge in [-0.1, -0.05) is 33.6 Å². The Balaban J connectivity index is 1.70. The average Bonchev–Trinajstić information content (AvgIpc) is 3.03. The molecule has 1 unspecified atom stereocenters. The van der Waals surface area contributed by atoms with Gasteiger partial charge in [0.25, 0.3) is 0 Å². The van der Waals surface area contributed by atoms with Crippen molar-refractivity contribution in [2.75, 3.05) is 6.54 Å². The minimum atomic E-state index is 0.379. The monoisotopic (exact) mass is 324 g/mol. The van der Waals surface area contributed by atoms with Crippen LogP contribution in [0.3, 0.4) is 0 Å². The standard InChI is InChI=1S/C17H28N2S2/c1-4-18-13-9-17(2,3)10-14-16(13)21-15(19-14)11-20-12-7-5-6-8-12/h12-13,18H,4-11H2,1-3H3. The Bertz CT molecular complexity index is 475. The van der Waals surface area contributed by atoms with Crippen molar-refractivity contribution in [3.05, 3.63) is 15.6 Å². The van der Waals surface area contributed by atoms with Gasteiger partial charge >= 0.3 is 0 Å². The first-order valence-electron chi connectivity index (χ1n) is 8.41. The summed E-state index contributed by atoms with van der Waals surface area (Å²) in [5.41, 5.74) is 1.76. The van der Waals surface area contributed by atoms with Crippen molar-refractivity contribution in [1.29, 1.82) is 0 Å². The summed E-state index contributed by atoms with van der Waals surface area (Å²) in [5.74, 6) is 1.13. The van der Waals surface area contributed by atoms with Gasteiger partial charge in [-0.05, 0) is 37.6 Å². The van der Waals surface area contributed by atoms with Crippen LogP contribution in [0.25, 0.3) is 0 Å².